The summed E-state index contributed by atoms with van der Waals surface area (Å²) < 4.78 is 0. The Labute approximate surface area is 88.5 Å². The quantitative estimate of drug-likeness (QED) is 0.654. The molecule has 0 amide bonds. The Balaban J connectivity index is 1.98. The lowest BCUT2D eigenvalue weighted by atomic mass is 9.95. The monoisotopic (exact) mass is 211 g/mol. The van der Waals surface area contributed by atoms with E-state index in [2.05, 4.69) is 20.1 Å². The van der Waals surface area contributed by atoms with E-state index in [9.17, 15) is 0 Å². The summed E-state index contributed by atoms with van der Waals surface area (Å²) in [7, 11) is 0. The van der Waals surface area contributed by atoms with Crippen LogP contribution in [0.5, 0.6) is 0 Å². The Kier molecular flexibility index (Phi) is 3.05. The van der Waals surface area contributed by atoms with Gasteiger partial charge in [0.2, 0.25) is 11.9 Å². The van der Waals surface area contributed by atoms with E-state index in [0.29, 0.717) is 17.8 Å². The summed E-state index contributed by atoms with van der Waals surface area (Å²) >= 11 is 0. The normalized spacial score (nSPS) is 21.9. The first-order valence-corrected chi connectivity index (χ1v) is 5.33. The highest BCUT2D eigenvalue weighted by atomic mass is 16.3. The molecular weight excluding hydrogens is 194 g/mol. The molecule has 15 heavy (non-hydrogen) atoms. The molecule has 0 spiro atoms. The topological polar surface area (TPSA) is 91.1 Å². The highest BCUT2D eigenvalue weighted by molar-refractivity contribution is 5.34. The van der Waals surface area contributed by atoms with Crippen LogP contribution in [0.4, 0.5) is 11.9 Å². The number of nitrogens with one attached hydrogen (secondary N) is 1. The average molecular weight is 211 g/mol. The van der Waals surface area contributed by atoms with Crippen LogP contribution in [0.25, 0.3) is 0 Å². The third-order valence-corrected chi connectivity index (χ3v) is 2.83. The minimum absolute atomic E-state index is 0.259. The molecule has 0 aliphatic carbocycles. The minimum atomic E-state index is 0.259. The van der Waals surface area contributed by atoms with Gasteiger partial charge in [-0.25, -0.2) is 5.10 Å². The van der Waals surface area contributed by atoms with Crippen LogP contribution in [0.1, 0.15) is 19.3 Å². The number of rotatable bonds is 3. The largest absolute Gasteiger partial charge is 0.396 e. The molecule has 84 valence electrons. The average Bonchev–Trinajstić information content (AvgIpc) is 2.66. The first-order valence-electron chi connectivity index (χ1n) is 5.33. The lowest BCUT2D eigenvalue weighted by Gasteiger charge is -2.31. The van der Waals surface area contributed by atoms with Crippen molar-refractivity contribution in [2.75, 3.05) is 30.3 Å². The fourth-order valence-electron chi connectivity index (χ4n) is 2.07. The van der Waals surface area contributed by atoms with Gasteiger partial charge in [-0.2, -0.15) is 4.98 Å². The molecule has 1 unspecified atom stereocenters. The zero-order chi connectivity index (χ0) is 10.7. The molecule has 1 fully saturated rings. The van der Waals surface area contributed by atoms with E-state index < -0.39 is 0 Å². The summed E-state index contributed by atoms with van der Waals surface area (Å²) in [5, 5.41) is 15.6. The lowest BCUT2D eigenvalue weighted by molar-refractivity contribution is 0.244. The standard InChI is InChI=1S/C9H17N5O/c10-8-11-9(13-12-8)14-4-1-2-7(6-14)3-5-15/h7,15H,1-6H2,(H3,10,11,12,13). The number of aliphatic hydroxyl groups excluding tert-OH is 1. The maximum atomic E-state index is 8.90. The van der Waals surface area contributed by atoms with Crippen molar-refractivity contribution in [3.05, 3.63) is 0 Å². The van der Waals surface area contributed by atoms with Gasteiger partial charge in [-0.3, -0.25) is 0 Å². The number of nitrogen functional groups attached to an aromatic ring is 1. The van der Waals surface area contributed by atoms with Crippen molar-refractivity contribution in [1.82, 2.24) is 15.2 Å². The summed E-state index contributed by atoms with van der Waals surface area (Å²) in [6, 6.07) is 0. The van der Waals surface area contributed by atoms with Gasteiger partial charge in [-0.05, 0) is 25.2 Å². The fourth-order valence-corrected chi connectivity index (χ4v) is 2.07. The number of hydrogen-bond donors (Lipinski definition) is 3. The second-order valence-corrected chi connectivity index (χ2v) is 3.99. The van der Waals surface area contributed by atoms with Crippen molar-refractivity contribution < 1.29 is 5.11 Å². The predicted octanol–water partition coefficient (Wildman–Crippen LogP) is -0.0143. The number of hydrogen-bond acceptors (Lipinski definition) is 5. The maximum absolute atomic E-state index is 8.90. The van der Waals surface area contributed by atoms with Gasteiger partial charge >= 0.3 is 0 Å². The van der Waals surface area contributed by atoms with Crippen molar-refractivity contribution in [1.29, 1.82) is 0 Å². The molecule has 6 heteroatoms. The number of nitrogens with two attached hydrogens (primary N) is 1. The molecule has 2 heterocycles. The third kappa shape index (κ3) is 2.38. The number of aromatic amines is 1. The number of H-pyrrole nitrogens is 1. The van der Waals surface area contributed by atoms with Crippen molar-refractivity contribution in [3.8, 4) is 0 Å². The van der Waals surface area contributed by atoms with Crippen molar-refractivity contribution in [2.45, 2.75) is 19.3 Å². The van der Waals surface area contributed by atoms with Crippen LogP contribution in [0, 0.1) is 5.92 Å². The summed E-state index contributed by atoms with van der Waals surface area (Å²) in [5.74, 6) is 1.58. The number of piperidine rings is 1. The molecule has 0 radical (unpaired) electrons. The summed E-state index contributed by atoms with van der Waals surface area (Å²) in [5.41, 5.74) is 5.48. The van der Waals surface area contributed by atoms with Crippen molar-refractivity contribution >= 4 is 11.9 Å². The third-order valence-electron chi connectivity index (χ3n) is 2.83. The minimum Gasteiger partial charge on any atom is -0.396 e. The zero-order valence-electron chi connectivity index (χ0n) is 8.69. The van der Waals surface area contributed by atoms with Crippen LogP contribution in [-0.4, -0.2) is 40.0 Å². The Hall–Kier alpha value is -1.30. The smallest absolute Gasteiger partial charge is 0.246 e. The molecule has 1 saturated heterocycles. The van der Waals surface area contributed by atoms with E-state index in [0.717, 1.165) is 25.9 Å². The molecule has 1 aliphatic rings. The SMILES string of the molecule is Nc1nc(N2CCCC(CCO)C2)n[nH]1. The van der Waals surface area contributed by atoms with Gasteiger partial charge in [-0.1, -0.05) is 0 Å². The van der Waals surface area contributed by atoms with Gasteiger partial charge in [0, 0.05) is 19.7 Å². The van der Waals surface area contributed by atoms with Crippen LogP contribution in [0.3, 0.4) is 0 Å². The summed E-state index contributed by atoms with van der Waals surface area (Å²) in [4.78, 5) is 6.23. The highest BCUT2D eigenvalue weighted by Crippen LogP contribution is 2.22. The Bertz CT molecular complexity index is 311. The van der Waals surface area contributed by atoms with Gasteiger partial charge in [0.05, 0.1) is 0 Å². The predicted molar refractivity (Wildman–Crippen MR) is 57.4 cm³/mol. The summed E-state index contributed by atoms with van der Waals surface area (Å²) in [6.07, 6.45) is 3.16. The van der Waals surface area contributed by atoms with Gasteiger partial charge in [-0.15, -0.1) is 5.10 Å². The van der Waals surface area contributed by atoms with E-state index >= 15 is 0 Å². The fraction of sp³-hybridized carbons (Fsp3) is 0.778. The van der Waals surface area contributed by atoms with Gasteiger partial charge < -0.3 is 15.7 Å². The summed E-state index contributed by atoms with van der Waals surface area (Å²) in [6.45, 7) is 2.14. The highest BCUT2D eigenvalue weighted by Gasteiger charge is 2.21. The maximum Gasteiger partial charge on any atom is 0.246 e. The molecule has 2 rings (SSSR count). The molecule has 1 aliphatic heterocycles. The van der Waals surface area contributed by atoms with E-state index in [-0.39, 0.29) is 6.61 Å². The van der Waals surface area contributed by atoms with E-state index in [4.69, 9.17) is 10.8 Å². The van der Waals surface area contributed by atoms with Crippen LogP contribution in [0.15, 0.2) is 0 Å². The number of aromatic nitrogens is 3. The molecule has 0 saturated carbocycles. The zero-order valence-corrected chi connectivity index (χ0v) is 8.69. The van der Waals surface area contributed by atoms with Crippen LogP contribution < -0.4 is 10.6 Å². The molecule has 1 aromatic heterocycles. The second-order valence-electron chi connectivity index (χ2n) is 3.99. The Morgan fingerprint density at radius 2 is 2.47 bits per heavy atom. The van der Waals surface area contributed by atoms with Gasteiger partial charge in [0.15, 0.2) is 0 Å². The lowest BCUT2D eigenvalue weighted by Crippen LogP contribution is -2.36. The first-order chi connectivity index (χ1) is 7.29. The molecular formula is C9H17N5O. The van der Waals surface area contributed by atoms with E-state index in [1.165, 1.54) is 6.42 Å². The number of nitrogens with zero attached hydrogens (tertiary/aromatic N) is 3. The van der Waals surface area contributed by atoms with Gasteiger partial charge in [0.25, 0.3) is 0 Å². The van der Waals surface area contributed by atoms with Gasteiger partial charge in [0.1, 0.15) is 0 Å². The Morgan fingerprint density at radius 3 is 3.13 bits per heavy atom. The number of anilines is 2. The molecule has 4 N–H and O–H groups in total. The van der Waals surface area contributed by atoms with Crippen LogP contribution >= 0.6 is 0 Å². The van der Waals surface area contributed by atoms with E-state index in [1.54, 1.807) is 0 Å². The van der Waals surface area contributed by atoms with Crippen LogP contribution in [-0.2, 0) is 0 Å². The molecule has 0 bridgehead atoms. The molecule has 1 atom stereocenters. The molecule has 0 aromatic carbocycles. The second kappa shape index (κ2) is 4.48. The Morgan fingerprint density at radius 1 is 1.60 bits per heavy atom. The van der Waals surface area contributed by atoms with Crippen molar-refractivity contribution in [3.63, 3.8) is 0 Å². The van der Waals surface area contributed by atoms with Crippen molar-refractivity contribution in [2.24, 2.45) is 5.92 Å². The number of aliphatic hydroxyl groups is 1. The van der Waals surface area contributed by atoms with Crippen LogP contribution in [0.2, 0.25) is 0 Å². The molecule has 1 aromatic rings. The van der Waals surface area contributed by atoms with E-state index in [1.807, 2.05) is 0 Å². The molecule has 6 nitrogen and oxygen atoms in total. The first kappa shape index (κ1) is 10.2.